The lowest BCUT2D eigenvalue weighted by Crippen LogP contribution is -2.30. The summed E-state index contributed by atoms with van der Waals surface area (Å²) in [5.41, 5.74) is 0.599. The summed E-state index contributed by atoms with van der Waals surface area (Å²) in [5.74, 6) is -1.62. The van der Waals surface area contributed by atoms with Crippen molar-refractivity contribution < 1.29 is 26.4 Å². The fraction of sp³-hybridized carbons (Fsp3) is 0.333. The molecule has 1 aromatic heterocycles. The lowest BCUT2D eigenvalue weighted by molar-refractivity contribution is -0.119. The maximum Gasteiger partial charge on any atom is 0.267 e. The Hall–Kier alpha value is -2.18. The number of aryl methyl sites for hydroxylation is 1. The van der Waals surface area contributed by atoms with E-state index in [1.165, 1.54) is 26.2 Å². The van der Waals surface area contributed by atoms with Crippen molar-refractivity contribution in [2.45, 2.75) is 18.7 Å². The Balaban J connectivity index is 2.08. The average molecular weight is 432 g/mol. The van der Waals surface area contributed by atoms with E-state index in [9.17, 15) is 21.6 Å². The van der Waals surface area contributed by atoms with Crippen LogP contribution < -0.4 is 13.8 Å². The van der Waals surface area contributed by atoms with E-state index in [-0.39, 0.29) is 27.2 Å². The molecule has 2 aromatic rings. The topological polar surface area (TPSA) is 123 Å². The van der Waals surface area contributed by atoms with Crippen molar-refractivity contribution in [1.29, 1.82) is 0 Å². The SMILES string of the molecule is COc1ccc(N2C(=O)C(C)CS2(=O)=O)cc1S(=O)(=O)Nc1nc(C)cs1. The van der Waals surface area contributed by atoms with E-state index in [0.29, 0.717) is 10.00 Å². The van der Waals surface area contributed by atoms with Gasteiger partial charge in [0.25, 0.3) is 10.0 Å². The molecule has 1 fully saturated rings. The first-order valence-corrected chi connectivity index (χ1v) is 11.7. The molecule has 1 N–H and O–H groups in total. The number of ether oxygens (including phenoxy) is 1. The first kappa shape index (κ1) is 19.6. The van der Waals surface area contributed by atoms with Gasteiger partial charge in [-0.05, 0) is 25.1 Å². The van der Waals surface area contributed by atoms with Gasteiger partial charge in [-0.25, -0.2) is 26.1 Å². The molecule has 9 nitrogen and oxygen atoms in total. The van der Waals surface area contributed by atoms with Crippen molar-refractivity contribution in [3.05, 3.63) is 29.3 Å². The van der Waals surface area contributed by atoms with E-state index in [2.05, 4.69) is 9.71 Å². The van der Waals surface area contributed by atoms with Gasteiger partial charge < -0.3 is 4.74 Å². The van der Waals surface area contributed by atoms with Crippen LogP contribution in [-0.4, -0.2) is 40.6 Å². The van der Waals surface area contributed by atoms with E-state index in [1.807, 2.05) is 0 Å². The lowest BCUT2D eigenvalue weighted by Gasteiger charge is -2.18. The third kappa shape index (κ3) is 3.64. The number of anilines is 2. The molecule has 0 bridgehead atoms. The second-order valence-electron chi connectivity index (χ2n) is 6.02. The average Bonchev–Trinajstić information content (AvgIpc) is 3.06. The number of nitrogens with one attached hydrogen (secondary N) is 1. The zero-order valence-electron chi connectivity index (χ0n) is 14.7. The number of carbonyl (C=O) groups excluding carboxylic acids is 1. The molecule has 1 atom stereocenters. The van der Waals surface area contributed by atoms with Gasteiger partial charge in [0.15, 0.2) is 5.13 Å². The van der Waals surface area contributed by atoms with Crippen LogP contribution in [0.4, 0.5) is 10.8 Å². The highest BCUT2D eigenvalue weighted by atomic mass is 32.2. The van der Waals surface area contributed by atoms with Gasteiger partial charge in [0, 0.05) is 5.38 Å². The number of thiazole rings is 1. The summed E-state index contributed by atoms with van der Waals surface area (Å²) >= 11 is 1.11. The molecule has 2 heterocycles. The van der Waals surface area contributed by atoms with Crippen LogP contribution in [-0.2, 0) is 24.8 Å². The summed E-state index contributed by atoms with van der Waals surface area (Å²) in [7, 11) is -6.69. The highest BCUT2D eigenvalue weighted by Gasteiger charge is 2.42. The smallest absolute Gasteiger partial charge is 0.267 e. The number of methoxy groups -OCH3 is 1. The number of hydrogen-bond donors (Lipinski definition) is 1. The van der Waals surface area contributed by atoms with Gasteiger partial charge >= 0.3 is 0 Å². The molecule has 1 aliphatic rings. The van der Waals surface area contributed by atoms with Gasteiger partial charge in [0.1, 0.15) is 10.6 Å². The van der Waals surface area contributed by atoms with Crippen molar-refractivity contribution in [2.75, 3.05) is 21.9 Å². The minimum absolute atomic E-state index is 0.0108. The Morgan fingerprint density at radius 1 is 1.37 bits per heavy atom. The number of sulfonamides is 2. The van der Waals surface area contributed by atoms with Gasteiger partial charge in [-0.2, -0.15) is 0 Å². The highest BCUT2D eigenvalue weighted by Crippen LogP contribution is 2.34. The summed E-state index contributed by atoms with van der Waals surface area (Å²) in [5, 5.41) is 1.85. The van der Waals surface area contributed by atoms with Crippen molar-refractivity contribution in [3.63, 3.8) is 0 Å². The maximum absolute atomic E-state index is 12.8. The quantitative estimate of drug-likeness (QED) is 0.762. The van der Waals surface area contributed by atoms with Crippen LogP contribution in [0, 0.1) is 12.8 Å². The van der Waals surface area contributed by atoms with Crippen molar-refractivity contribution in [2.24, 2.45) is 5.92 Å². The van der Waals surface area contributed by atoms with Crippen LogP contribution in [0.5, 0.6) is 5.75 Å². The number of amides is 1. The zero-order chi connectivity index (χ0) is 20.0. The van der Waals surface area contributed by atoms with Crippen LogP contribution >= 0.6 is 11.3 Å². The molecular formula is C15H17N3O6S3. The predicted octanol–water partition coefficient (Wildman–Crippen LogP) is 1.57. The van der Waals surface area contributed by atoms with E-state index in [1.54, 1.807) is 12.3 Å². The van der Waals surface area contributed by atoms with Crippen molar-refractivity contribution in [3.8, 4) is 5.75 Å². The predicted molar refractivity (Wildman–Crippen MR) is 101 cm³/mol. The summed E-state index contributed by atoms with van der Waals surface area (Å²) in [6, 6.07) is 3.75. The Morgan fingerprint density at radius 3 is 2.59 bits per heavy atom. The Morgan fingerprint density at radius 2 is 2.07 bits per heavy atom. The molecule has 1 saturated heterocycles. The van der Waals surface area contributed by atoms with Crippen molar-refractivity contribution >= 4 is 48.1 Å². The van der Waals surface area contributed by atoms with Gasteiger partial charge in [-0.1, -0.05) is 6.92 Å². The Labute approximate surface area is 161 Å². The minimum Gasteiger partial charge on any atom is -0.495 e. The molecule has 0 aliphatic carbocycles. The lowest BCUT2D eigenvalue weighted by atomic mass is 10.2. The monoisotopic (exact) mass is 431 g/mol. The Kier molecular flexibility index (Phi) is 4.91. The van der Waals surface area contributed by atoms with E-state index in [4.69, 9.17) is 4.74 Å². The third-order valence-electron chi connectivity index (χ3n) is 3.87. The van der Waals surface area contributed by atoms with E-state index < -0.39 is 31.9 Å². The standard InChI is InChI=1S/C15H17N3O6S3/c1-9-8-26(20,21)18(14(9)19)11-4-5-12(24-3)13(6-11)27(22,23)17-15-16-10(2)7-25-15/h4-7,9H,8H2,1-3H3,(H,16,17). The molecule has 1 aliphatic heterocycles. The summed E-state index contributed by atoms with van der Waals surface area (Å²) in [4.78, 5) is 16.0. The van der Waals surface area contributed by atoms with E-state index in [0.717, 1.165) is 17.4 Å². The molecule has 27 heavy (non-hydrogen) atoms. The van der Waals surface area contributed by atoms with Crippen molar-refractivity contribution in [1.82, 2.24) is 4.98 Å². The molecule has 3 rings (SSSR count). The normalized spacial score (nSPS) is 19.3. The van der Waals surface area contributed by atoms with E-state index >= 15 is 0 Å². The molecule has 1 amide bonds. The second-order valence-corrected chi connectivity index (χ2v) is 10.4. The van der Waals surface area contributed by atoms with Gasteiger partial charge in [-0.15, -0.1) is 11.3 Å². The minimum atomic E-state index is -4.12. The molecule has 1 unspecified atom stereocenters. The van der Waals surface area contributed by atoms with Crippen LogP contribution in [0.3, 0.4) is 0 Å². The first-order valence-electron chi connectivity index (χ1n) is 7.75. The third-order valence-corrected chi connectivity index (χ3v) is 8.11. The number of aromatic nitrogens is 1. The van der Waals surface area contributed by atoms with Crippen LogP contribution in [0.2, 0.25) is 0 Å². The molecule has 1 aromatic carbocycles. The summed E-state index contributed by atoms with van der Waals surface area (Å²) < 4.78 is 58.2. The maximum atomic E-state index is 12.8. The largest absolute Gasteiger partial charge is 0.495 e. The molecule has 0 radical (unpaired) electrons. The van der Waals surface area contributed by atoms with Gasteiger partial charge in [-0.3, -0.25) is 9.52 Å². The van der Waals surface area contributed by atoms with Gasteiger partial charge in [0.05, 0.1) is 30.2 Å². The molecule has 0 spiro atoms. The first-order chi connectivity index (χ1) is 12.5. The number of rotatable bonds is 5. The second kappa shape index (κ2) is 6.77. The fourth-order valence-corrected chi connectivity index (χ4v) is 6.60. The molecular weight excluding hydrogens is 414 g/mol. The van der Waals surface area contributed by atoms with Crippen LogP contribution in [0.15, 0.2) is 28.5 Å². The molecule has 0 saturated carbocycles. The molecule has 146 valence electrons. The van der Waals surface area contributed by atoms with Gasteiger partial charge in [0.2, 0.25) is 15.9 Å². The number of benzene rings is 1. The number of hydrogen-bond acceptors (Lipinski definition) is 8. The molecule has 12 heteroatoms. The Bertz CT molecular complexity index is 1110. The van der Waals surface area contributed by atoms with Crippen LogP contribution in [0.25, 0.3) is 0 Å². The number of nitrogens with zero attached hydrogens (tertiary/aromatic N) is 2. The highest BCUT2D eigenvalue weighted by molar-refractivity contribution is 7.94. The fourth-order valence-electron chi connectivity index (χ4n) is 2.66. The summed E-state index contributed by atoms with van der Waals surface area (Å²) in [6.45, 7) is 3.23. The zero-order valence-corrected chi connectivity index (χ0v) is 17.1. The van der Waals surface area contributed by atoms with Crippen LogP contribution in [0.1, 0.15) is 12.6 Å². The number of carbonyl (C=O) groups is 1. The summed E-state index contributed by atoms with van der Waals surface area (Å²) in [6.07, 6.45) is 0.